The number of carbonyl (C=O) groups is 2. The van der Waals surface area contributed by atoms with Gasteiger partial charge >= 0.3 is 0 Å². The van der Waals surface area contributed by atoms with Crippen LogP contribution < -0.4 is 5.32 Å². The summed E-state index contributed by atoms with van der Waals surface area (Å²) < 4.78 is 0. The average Bonchev–Trinajstić information content (AvgIpc) is 2.69. The highest BCUT2D eigenvalue weighted by atomic mass is 16.6. The first-order valence-corrected chi connectivity index (χ1v) is 8.18. The quantitative estimate of drug-likeness (QED) is 0.283. The van der Waals surface area contributed by atoms with Crippen molar-refractivity contribution in [1.82, 2.24) is 0 Å². The number of para-hydroxylation sites is 1. The molecule has 138 valence electrons. The number of rotatable bonds is 3. The summed E-state index contributed by atoms with van der Waals surface area (Å²) in [6, 6.07) is 13.7. The molecular formula is C20H12N2O6. The third kappa shape index (κ3) is 2.47. The smallest absolute Gasteiger partial charge is 0.281 e. The Morgan fingerprint density at radius 1 is 0.821 bits per heavy atom. The highest BCUT2D eigenvalue weighted by Crippen LogP contribution is 2.45. The van der Waals surface area contributed by atoms with E-state index in [0.717, 1.165) is 6.07 Å². The zero-order valence-corrected chi connectivity index (χ0v) is 14.2. The summed E-state index contributed by atoms with van der Waals surface area (Å²) in [6.07, 6.45) is 0. The fraction of sp³-hybridized carbons (Fsp3) is 0. The first kappa shape index (κ1) is 17.2. The molecule has 8 nitrogen and oxygen atoms in total. The molecule has 1 aliphatic rings. The van der Waals surface area contributed by atoms with Crippen molar-refractivity contribution in [1.29, 1.82) is 0 Å². The van der Waals surface area contributed by atoms with Crippen LogP contribution >= 0.6 is 0 Å². The molecule has 3 aromatic carbocycles. The third-order valence-electron chi connectivity index (χ3n) is 4.51. The van der Waals surface area contributed by atoms with Gasteiger partial charge in [0.15, 0.2) is 17.3 Å². The van der Waals surface area contributed by atoms with Crippen LogP contribution in [0.25, 0.3) is 0 Å². The number of nitro benzene ring substituents is 1. The number of hydrogen-bond acceptors (Lipinski definition) is 7. The highest BCUT2D eigenvalue weighted by molar-refractivity contribution is 6.31. The van der Waals surface area contributed by atoms with Crippen LogP contribution in [0.1, 0.15) is 31.8 Å². The van der Waals surface area contributed by atoms with Crippen molar-refractivity contribution in [3.8, 4) is 11.5 Å². The number of anilines is 2. The number of aromatic hydroxyl groups is 2. The predicted molar refractivity (Wildman–Crippen MR) is 99.5 cm³/mol. The Kier molecular flexibility index (Phi) is 3.82. The van der Waals surface area contributed by atoms with Gasteiger partial charge in [0.25, 0.3) is 5.69 Å². The maximum absolute atomic E-state index is 12.9. The van der Waals surface area contributed by atoms with Crippen molar-refractivity contribution in [2.24, 2.45) is 0 Å². The Bertz CT molecular complexity index is 1170. The lowest BCUT2D eigenvalue weighted by atomic mass is 9.82. The van der Waals surface area contributed by atoms with E-state index in [1.165, 1.54) is 18.2 Å². The fourth-order valence-corrected chi connectivity index (χ4v) is 3.23. The molecule has 0 aromatic heterocycles. The number of ketones is 2. The summed E-state index contributed by atoms with van der Waals surface area (Å²) in [7, 11) is 0. The lowest BCUT2D eigenvalue weighted by molar-refractivity contribution is -0.385. The molecule has 0 bridgehead atoms. The van der Waals surface area contributed by atoms with Gasteiger partial charge in [-0.25, -0.2) is 0 Å². The summed E-state index contributed by atoms with van der Waals surface area (Å²) in [4.78, 5) is 36.3. The van der Waals surface area contributed by atoms with Crippen molar-refractivity contribution in [3.05, 3.63) is 87.0 Å². The Balaban J connectivity index is 1.92. The zero-order chi connectivity index (χ0) is 20.0. The van der Waals surface area contributed by atoms with Gasteiger partial charge in [0, 0.05) is 22.9 Å². The molecule has 4 rings (SSSR count). The van der Waals surface area contributed by atoms with E-state index in [9.17, 15) is 29.9 Å². The lowest BCUT2D eigenvalue weighted by Crippen LogP contribution is -2.22. The second-order valence-corrected chi connectivity index (χ2v) is 6.15. The molecule has 0 heterocycles. The van der Waals surface area contributed by atoms with Crippen LogP contribution in [0.15, 0.2) is 54.6 Å². The van der Waals surface area contributed by atoms with Gasteiger partial charge in [0.05, 0.1) is 16.2 Å². The molecule has 0 saturated heterocycles. The maximum atomic E-state index is 12.9. The number of phenols is 2. The Morgan fingerprint density at radius 3 is 2.21 bits per heavy atom. The Morgan fingerprint density at radius 2 is 1.54 bits per heavy atom. The number of fused-ring (bicyclic) bond motifs is 2. The molecule has 3 N–H and O–H groups in total. The monoisotopic (exact) mass is 376 g/mol. The minimum Gasteiger partial charge on any atom is -0.504 e. The Labute approximate surface area is 157 Å². The second kappa shape index (κ2) is 6.20. The molecule has 0 spiro atoms. The molecule has 3 aromatic rings. The van der Waals surface area contributed by atoms with E-state index in [1.807, 2.05) is 0 Å². The van der Waals surface area contributed by atoms with Gasteiger partial charge in [0.2, 0.25) is 5.78 Å². The van der Waals surface area contributed by atoms with Gasteiger partial charge in [-0.15, -0.1) is 0 Å². The number of phenolic OH excluding ortho intramolecular Hbond substituents is 2. The Hall–Kier alpha value is -4.20. The van der Waals surface area contributed by atoms with Crippen LogP contribution in [0.3, 0.4) is 0 Å². The van der Waals surface area contributed by atoms with Gasteiger partial charge in [0.1, 0.15) is 5.56 Å². The van der Waals surface area contributed by atoms with Gasteiger partial charge in [-0.1, -0.05) is 24.3 Å². The summed E-state index contributed by atoms with van der Waals surface area (Å²) in [5, 5.41) is 34.9. The van der Waals surface area contributed by atoms with E-state index in [0.29, 0.717) is 5.69 Å². The van der Waals surface area contributed by atoms with Crippen molar-refractivity contribution in [2.45, 2.75) is 0 Å². The normalized spacial score (nSPS) is 12.3. The minimum atomic E-state index is -0.893. The molecule has 0 aliphatic heterocycles. The highest BCUT2D eigenvalue weighted by Gasteiger charge is 2.38. The van der Waals surface area contributed by atoms with Gasteiger partial charge in [-0.05, 0) is 24.3 Å². The van der Waals surface area contributed by atoms with Crippen LogP contribution in [0.2, 0.25) is 0 Å². The summed E-state index contributed by atoms with van der Waals surface area (Å²) in [5.74, 6) is -2.99. The second-order valence-electron chi connectivity index (χ2n) is 6.15. The van der Waals surface area contributed by atoms with Gasteiger partial charge < -0.3 is 15.5 Å². The number of hydrogen-bond donors (Lipinski definition) is 3. The van der Waals surface area contributed by atoms with E-state index >= 15 is 0 Å². The van der Waals surface area contributed by atoms with Crippen molar-refractivity contribution in [2.75, 3.05) is 5.32 Å². The molecule has 1 aliphatic carbocycles. The number of nitro groups is 1. The number of carbonyl (C=O) groups excluding carboxylic acids is 2. The zero-order valence-electron chi connectivity index (χ0n) is 14.2. The van der Waals surface area contributed by atoms with E-state index in [2.05, 4.69) is 5.32 Å². The summed E-state index contributed by atoms with van der Waals surface area (Å²) >= 11 is 0. The van der Waals surface area contributed by atoms with Crippen LogP contribution in [0, 0.1) is 10.1 Å². The van der Waals surface area contributed by atoms with E-state index in [4.69, 9.17) is 0 Å². The number of benzene rings is 3. The van der Waals surface area contributed by atoms with Crippen LogP contribution in [-0.4, -0.2) is 26.7 Å². The van der Waals surface area contributed by atoms with E-state index < -0.39 is 44.8 Å². The molecule has 28 heavy (non-hydrogen) atoms. The van der Waals surface area contributed by atoms with Gasteiger partial charge in [-0.3, -0.25) is 19.7 Å². The van der Waals surface area contributed by atoms with Crippen LogP contribution in [-0.2, 0) is 0 Å². The van der Waals surface area contributed by atoms with E-state index in [1.54, 1.807) is 30.3 Å². The first-order chi connectivity index (χ1) is 13.4. The largest absolute Gasteiger partial charge is 0.504 e. The summed E-state index contributed by atoms with van der Waals surface area (Å²) in [6.45, 7) is 0. The number of nitrogens with zero attached hydrogens (tertiary/aromatic N) is 1. The van der Waals surface area contributed by atoms with E-state index in [-0.39, 0.29) is 16.8 Å². The van der Waals surface area contributed by atoms with Crippen LogP contribution in [0.5, 0.6) is 11.5 Å². The average molecular weight is 376 g/mol. The minimum absolute atomic E-state index is 0.0254. The first-order valence-electron chi connectivity index (χ1n) is 8.18. The molecular weight excluding hydrogens is 364 g/mol. The molecule has 0 amide bonds. The molecule has 8 heteroatoms. The molecule has 0 atom stereocenters. The summed E-state index contributed by atoms with van der Waals surface area (Å²) in [5.41, 5.74) is -1.05. The lowest BCUT2D eigenvalue weighted by Gasteiger charge is -2.20. The number of nitrogens with one attached hydrogen (secondary N) is 1. The molecule has 0 fully saturated rings. The van der Waals surface area contributed by atoms with Crippen molar-refractivity contribution in [3.63, 3.8) is 0 Å². The molecule has 0 saturated carbocycles. The molecule has 0 unspecified atom stereocenters. The maximum Gasteiger partial charge on any atom is 0.281 e. The van der Waals surface area contributed by atoms with Crippen molar-refractivity contribution < 1.29 is 24.7 Å². The third-order valence-corrected chi connectivity index (χ3v) is 4.51. The van der Waals surface area contributed by atoms with Crippen molar-refractivity contribution >= 4 is 28.6 Å². The standard InChI is InChI=1S/C20H12N2O6/c23-17-11-7-4-8-14(22(27)28)15(11)19(25)16-12(17)9-13(18(24)20(16)26)21-10-5-2-1-3-6-10/h1-9,21,24,26H. The van der Waals surface area contributed by atoms with Gasteiger partial charge in [-0.2, -0.15) is 0 Å². The topological polar surface area (TPSA) is 130 Å². The fourth-order valence-electron chi connectivity index (χ4n) is 3.23. The molecule has 0 radical (unpaired) electrons. The SMILES string of the molecule is O=C1c2cccc([N+](=O)[O-])c2C(=O)c2c1cc(Nc1ccccc1)c(O)c2O. The van der Waals surface area contributed by atoms with Crippen LogP contribution in [0.4, 0.5) is 17.1 Å². The predicted octanol–water partition coefficient (Wildman–Crippen LogP) is 3.53.